The van der Waals surface area contributed by atoms with E-state index in [9.17, 15) is 4.79 Å². The van der Waals surface area contributed by atoms with E-state index in [1.165, 1.54) is 0 Å². The summed E-state index contributed by atoms with van der Waals surface area (Å²) in [5.41, 5.74) is 0. The summed E-state index contributed by atoms with van der Waals surface area (Å²) >= 11 is 5.73. The van der Waals surface area contributed by atoms with Crippen molar-refractivity contribution < 1.29 is 14.6 Å². The summed E-state index contributed by atoms with van der Waals surface area (Å²) in [5, 5.41) is 12.4. The molecule has 0 aliphatic heterocycles. The fraction of sp³-hybridized carbons (Fsp3) is 0.417. The Morgan fingerprint density at radius 3 is 2.47 bits per heavy atom. The molecule has 0 spiro atoms. The van der Waals surface area contributed by atoms with Crippen LogP contribution in [0.1, 0.15) is 13.8 Å². The van der Waals surface area contributed by atoms with Crippen molar-refractivity contribution in [3.05, 3.63) is 29.3 Å². The predicted molar refractivity (Wildman–Crippen MR) is 66.2 cm³/mol. The van der Waals surface area contributed by atoms with Gasteiger partial charge < -0.3 is 15.2 Å². The monoisotopic (exact) mass is 257 g/mol. The third kappa shape index (κ3) is 4.63. The van der Waals surface area contributed by atoms with Gasteiger partial charge in [0.25, 0.3) is 5.91 Å². The standard InChI is InChI=1S/C12H16ClNO3/c1-8(2)14-12(16)11(7-15)17-10-5-3-9(13)4-6-10/h3-6,8,11,15H,7H2,1-2H3,(H,14,16). The molecule has 94 valence electrons. The lowest BCUT2D eigenvalue weighted by atomic mass is 10.3. The second-order valence-corrected chi connectivity index (χ2v) is 4.34. The van der Waals surface area contributed by atoms with Crippen LogP contribution in [0.5, 0.6) is 5.75 Å². The summed E-state index contributed by atoms with van der Waals surface area (Å²) in [6.45, 7) is 3.31. The van der Waals surface area contributed by atoms with Crippen LogP contribution in [0.3, 0.4) is 0 Å². The fourth-order valence-corrected chi connectivity index (χ4v) is 1.35. The SMILES string of the molecule is CC(C)NC(=O)C(CO)Oc1ccc(Cl)cc1. The molecule has 1 aromatic carbocycles. The molecule has 0 radical (unpaired) electrons. The van der Waals surface area contributed by atoms with Gasteiger partial charge in [-0.3, -0.25) is 4.79 Å². The molecular formula is C12H16ClNO3. The van der Waals surface area contributed by atoms with Crippen molar-refractivity contribution in [1.82, 2.24) is 5.32 Å². The first-order chi connectivity index (χ1) is 8.02. The number of halogens is 1. The van der Waals surface area contributed by atoms with E-state index in [2.05, 4.69) is 5.32 Å². The number of benzene rings is 1. The van der Waals surface area contributed by atoms with E-state index in [0.29, 0.717) is 10.8 Å². The van der Waals surface area contributed by atoms with E-state index in [-0.39, 0.29) is 18.6 Å². The highest BCUT2D eigenvalue weighted by molar-refractivity contribution is 6.30. The zero-order valence-electron chi connectivity index (χ0n) is 9.81. The van der Waals surface area contributed by atoms with Crippen LogP contribution in [0.25, 0.3) is 0 Å². The molecule has 0 fully saturated rings. The maximum absolute atomic E-state index is 11.6. The summed E-state index contributed by atoms with van der Waals surface area (Å²) in [7, 11) is 0. The molecule has 0 bridgehead atoms. The largest absolute Gasteiger partial charge is 0.478 e. The van der Waals surface area contributed by atoms with Gasteiger partial charge in [0.2, 0.25) is 0 Å². The number of nitrogens with one attached hydrogen (secondary N) is 1. The van der Waals surface area contributed by atoms with Gasteiger partial charge in [0.05, 0.1) is 6.61 Å². The van der Waals surface area contributed by atoms with E-state index in [1.54, 1.807) is 24.3 Å². The van der Waals surface area contributed by atoms with Crippen LogP contribution in [0.15, 0.2) is 24.3 Å². The lowest BCUT2D eigenvalue weighted by Crippen LogP contribution is -2.43. The molecule has 1 aromatic rings. The Morgan fingerprint density at radius 2 is 2.00 bits per heavy atom. The van der Waals surface area contributed by atoms with Crippen molar-refractivity contribution >= 4 is 17.5 Å². The van der Waals surface area contributed by atoms with Crippen molar-refractivity contribution in [3.8, 4) is 5.75 Å². The summed E-state index contributed by atoms with van der Waals surface area (Å²) in [6.07, 6.45) is -0.904. The van der Waals surface area contributed by atoms with Gasteiger partial charge in [-0.25, -0.2) is 0 Å². The van der Waals surface area contributed by atoms with Gasteiger partial charge in [-0.15, -0.1) is 0 Å². The second-order valence-electron chi connectivity index (χ2n) is 3.91. The highest BCUT2D eigenvalue weighted by atomic mass is 35.5. The Labute approximate surface area is 106 Å². The predicted octanol–water partition coefficient (Wildman–Crippen LogP) is 1.60. The molecule has 1 atom stereocenters. The molecule has 5 heteroatoms. The molecule has 0 aliphatic rings. The van der Waals surface area contributed by atoms with Crippen LogP contribution in [0.4, 0.5) is 0 Å². The fourth-order valence-electron chi connectivity index (χ4n) is 1.23. The molecular weight excluding hydrogens is 242 g/mol. The van der Waals surface area contributed by atoms with Crippen LogP contribution in [0.2, 0.25) is 5.02 Å². The van der Waals surface area contributed by atoms with Crippen LogP contribution < -0.4 is 10.1 Å². The molecule has 17 heavy (non-hydrogen) atoms. The van der Waals surface area contributed by atoms with Gasteiger partial charge in [-0.1, -0.05) is 11.6 Å². The summed E-state index contributed by atoms with van der Waals surface area (Å²) in [5.74, 6) is 0.157. The molecule has 1 amide bonds. The number of aliphatic hydroxyl groups is 1. The number of carbonyl (C=O) groups is 1. The average molecular weight is 258 g/mol. The van der Waals surface area contributed by atoms with Gasteiger partial charge in [0, 0.05) is 11.1 Å². The van der Waals surface area contributed by atoms with Crippen LogP contribution >= 0.6 is 11.6 Å². The summed E-state index contributed by atoms with van der Waals surface area (Å²) in [4.78, 5) is 11.6. The van der Waals surface area contributed by atoms with Crippen LogP contribution in [0, 0.1) is 0 Å². The maximum atomic E-state index is 11.6. The Hall–Kier alpha value is -1.26. The van der Waals surface area contributed by atoms with E-state index < -0.39 is 6.10 Å². The molecule has 4 nitrogen and oxygen atoms in total. The minimum absolute atomic E-state index is 0.00497. The first-order valence-electron chi connectivity index (χ1n) is 5.36. The molecule has 2 N–H and O–H groups in total. The van der Waals surface area contributed by atoms with Gasteiger partial charge in [0.1, 0.15) is 5.75 Å². The van der Waals surface area contributed by atoms with Gasteiger partial charge in [-0.05, 0) is 38.1 Å². The number of aliphatic hydroxyl groups excluding tert-OH is 1. The van der Waals surface area contributed by atoms with E-state index >= 15 is 0 Å². The van der Waals surface area contributed by atoms with Gasteiger partial charge in [-0.2, -0.15) is 0 Å². The zero-order valence-corrected chi connectivity index (χ0v) is 10.6. The number of ether oxygens (including phenoxy) is 1. The number of amides is 1. The Balaban J connectivity index is 2.63. The Kier molecular flexibility index (Phi) is 5.25. The molecule has 1 rings (SSSR count). The molecule has 0 saturated heterocycles. The Bertz CT molecular complexity index is 365. The van der Waals surface area contributed by atoms with Crippen LogP contribution in [-0.2, 0) is 4.79 Å². The van der Waals surface area contributed by atoms with Crippen molar-refractivity contribution in [2.45, 2.75) is 26.0 Å². The highest BCUT2D eigenvalue weighted by Crippen LogP contribution is 2.16. The lowest BCUT2D eigenvalue weighted by Gasteiger charge is -2.18. The van der Waals surface area contributed by atoms with E-state index in [1.807, 2.05) is 13.8 Å². The zero-order chi connectivity index (χ0) is 12.8. The maximum Gasteiger partial charge on any atom is 0.263 e. The molecule has 1 unspecified atom stereocenters. The third-order valence-corrected chi connectivity index (χ3v) is 2.23. The lowest BCUT2D eigenvalue weighted by molar-refractivity contribution is -0.130. The number of hydrogen-bond acceptors (Lipinski definition) is 3. The number of hydrogen-bond donors (Lipinski definition) is 2. The molecule has 0 heterocycles. The smallest absolute Gasteiger partial charge is 0.263 e. The highest BCUT2D eigenvalue weighted by Gasteiger charge is 2.19. The Morgan fingerprint density at radius 1 is 1.41 bits per heavy atom. The average Bonchev–Trinajstić information content (AvgIpc) is 2.27. The van der Waals surface area contributed by atoms with Crippen molar-refractivity contribution in [3.63, 3.8) is 0 Å². The molecule has 0 aromatic heterocycles. The quantitative estimate of drug-likeness (QED) is 0.843. The number of rotatable bonds is 5. The van der Waals surface area contributed by atoms with Gasteiger partial charge in [0.15, 0.2) is 6.10 Å². The normalized spacial score (nSPS) is 12.3. The number of carbonyl (C=O) groups excluding carboxylic acids is 1. The minimum atomic E-state index is -0.904. The molecule has 0 aliphatic carbocycles. The van der Waals surface area contributed by atoms with Crippen LogP contribution in [-0.4, -0.2) is 29.8 Å². The summed E-state index contributed by atoms with van der Waals surface area (Å²) < 4.78 is 5.36. The van der Waals surface area contributed by atoms with E-state index in [4.69, 9.17) is 21.4 Å². The van der Waals surface area contributed by atoms with E-state index in [0.717, 1.165) is 0 Å². The van der Waals surface area contributed by atoms with Crippen molar-refractivity contribution in [1.29, 1.82) is 0 Å². The second kappa shape index (κ2) is 6.47. The minimum Gasteiger partial charge on any atom is -0.478 e. The summed E-state index contributed by atoms with van der Waals surface area (Å²) in [6, 6.07) is 6.61. The molecule has 0 saturated carbocycles. The first kappa shape index (κ1) is 13.8. The van der Waals surface area contributed by atoms with Crippen molar-refractivity contribution in [2.24, 2.45) is 0 Å². The third-order valence-electron chi connectivity index (χ3n) is 1.98. The van der Waals surface area contributed by atoms with Crippen molar-refractivity contribution in [2.75, 3.05) is 6.61 Å². The van der Waals surface area contributed by atoms with Gasteiger partial charge >= 0.3 is 0 Å². The first-order valence-corrected chi connectivity index (χ1v) is 5.74. The topological polar surface area (TPSA) is 58.6 Å².